The van der Waals surface area contributed by atoms with E-state index >= 15 is 0 Å². The molecule has 0 amide bonds. The van der Waals surface area contributed by atoms with Crippen molar-refractivity contribution >= 4 is 17.3 Å². The van der Waals surface area contributed by atoms with Crippen LogP contribution in [0.15, 0.2) is 15.1 Å². The summed E-state index contributed by atoms with van der Waals surface area (Å²) >= 11 is 0. The Morgan fingerprint density at radius 3 is 2.36 bits per heavy atom. The van der Waals surface area contributed by atoms with Gasteiger partial charge in [0.2, 0.25) is 0 Å². The molecule has 0 radical (unpaired) electrons. The van der Waals surface area contributed by atoms with Crippen molar-refractivity contribution in [2.75, 3.05) is 20.6 Å². The summed E-state index contributed by atoms with van der Waals surface area (Å²) in [6.45, 7) is 5.56. The molecule has 4 heteroatoms. The lowest BCUT2D eigenvalue weighted by molar-refractivity contribution is 0.342. The van der Waals surface area contributed by atoms with Gasteiger partial charge in [-0.2, -0.15) is 5.10 Å². The third-order valence-electron chi connectivity index (χ3n) is 6.52. The number of amidine groups is 1. The van der Waals surface area contributed by atoms with E-state index in [1.807, 2.05) is 7.05 Å². The molecular weight excluding hydrogens is 308 g/mol. The van der Waals surface area contributed by atoms with Crippen molar-refractivity contribution < 1.29 is 0 Å². The van der Waals surface area contributed by atoms with Gasteiger partial charge in [-0.05, 0) is 44.4 Å². The average Bonchev–Trinajstić information content (AvgIpc) is 3.03. The highest BCUT2D eigenvalue weighted by Gasteiger charge is 2.34. The molecule has 0 saturated heterocycles. The molecule has 0 aromatic carbocycles. The number of aliphatic imine (C=N–C) groups is 2. The van der Waals surface area contributed by atoms with Gasteiger partial charge in [0.1, 0.15) is 5.84 Å². The van der Waals surface area contributed by atoms with Gasteiger partial charge in [-0.3, -0.25) is 10.0 Å². The summed E-state index contributed by atoms with van der Waals surface area (Å²) in [4.78, 5) is 9.64. The number of hydrogen-bond acceptors (Lipinski definition) is 3. The normalized spacial score (nSPS) is 32.9. The molecule has 0 aromatic heterocycles. The Morgan fingerprint density at radius 1 is 1.04 bits per heavy atom. The van der Waals surface area contributed by atoms with Crippen LogP contribution in [0.4, 0.5) is 0 Å². The minimum absolute atomic E-state index is 0.396. The Labute approximate surface area is 153 Å². The molecule has 3 aliphatic rings. The summed E-state index contributed by atoms with van der Waals surface area (Å²) in [5, 5.41) is 7.02. The molecule has 1 atom stereocenters. The zero-order valence-electron chi connectivity index (χ0n) is 16.7. The summed E-state index contributed by atoms with van der Waals surface area (Å²) in [5.41, 5.74) is 2.63. The molecule has 140 valence electrons. The van der Waals surface area contributed by atoms with Gasteiger partial charge in [0.25, 0.3) is 0 Å². The smallest absolute Gasteiger partial charge is 0.126 e. The first-order chi connectivity index (χ1) is 12.1. The Hall–Kier alpha value is -1.19. The maximum absolute atomic E-state index is 5.06. The maximum atomic E-state index is 5.06. The van der Waals surface area contributed by atoms with Crippen molar-refractivity contribution in [2.45, 2.75) is 71.6 Å². The summed E-state index contributed by atoms with van der Waals surface area (Å²) < 4.78 is 0. The molecule has 25 heavy (non-hydrogen) atoms. The first-order valence-corrected chi connectivity index (χ1v) is 10.4. The molecule has 0 spiro atoms. The van der Waals surface area contributed by atoms with Gasteiger partial charge in [-0.1, -0.05) is 39.0 Å². The Balaban J connectivity index is 1.72. The molecule has 1 unspecified atom stereocenters. The first-order valence-electron chi connectivity index (χ1n) is 10.4. The second-order valence-corrected chi connectivity index (χ2v) is 8.54. The van der Waals surface area contributed by atoms with E-state index in [2.05, 4.69) is 30.9 Å². The molecule has 2 aliphatic carbocycles. The number of nitrogens with zero attached hydrogens (tertiary/aromatic N) is 4. The van der Waals surface area contributed by atoms with Crippen LogP contribution in [0.1, 0.15) is 71.6 Å². The lowest BCUT2D eigenvalue weighted by Crippen LogP contribution is -2.31. The van der Waals surface area contributed by atoms with Crippen LogP contribution < -0.4 is 0 Å². The SMILES string of the molecule is C/N=C(\N=C(/C)C1CN(C)N=C1C1CCCCC1)C1CCC(C)CC1. The van der Waals surface area contributed by atoms with Crippen LogP contribution in [0.2, 0.25) is 0 Å². The van der Waals surface area contributed by atoms with E-state index in [0.717, 1.165) is 18.3 Å². The van der Waals surface area contributed by atoms with E-state index in [4.69, 9.17) is 10.1 Å². The second kappa shape index (κ2) is 8.46. The monoisotopic (exact) mass is 344 g/mol. The van der Waals surface area contributed by atoms with E-state index in [9.17, 15) is 0 Å². The predicted octanol–water partition coefficient (Wildman–Crippen LogP) is 4.80. The van der Waals surface area contributed by atoms with E-state index in [0.29, 0.717) is 17.8 Å². The van der Waals surface area contributed by atoms with Gasteiger partial charge in [-0.25, -0.2) is 4.99 Å². The Bertz CT molecular complexity index is 534. The Kier molecular flexibility index (Phi) is 6.29. The van der Waals surface area contributed by atoms with Crippen LogP contribution in [0.3, 0.4) is 0 Å². The minimum Gasteiger partial charge on any atom is -0.299 e. The predicted molar refractivity (Wildman–Crippen MR) is 108 cm³/mol. The third-order valence-corrected chi connectivity index (χ3v) is 6.52. The van der Waals surface area contributed by atoms with Crippen molar-refractivity contribution in [1.82, 2.24) is 5.01 Å². The van der Waals surface area contributed by atoms with Crippen molar-refractivity contribution in [2.24, 2.45) is 38.8 Å². The first kappa shape index (κ1) is 18.6. The molecule has 3 rings (SSSR count). The Morgan fingerprint density at radius 2 is 1.72 bits per heavy atom. The van der Waals surface area contributed by atoms with E-state index in [1.54, 1.807) is 0 Å². The van der Waals surface area contributed by atoms with Crippen molar-refractivity contribution in [3.05, 3.63) is 0 Å². The molecule has 1 heterocycles. The summed E-state index contributed by atoms with van der Waals surface area (Å²) in [6.07, 6.45) is 11.9. The standard InChI is InChI=1S/C21H36N4/c1-15-10-12-18(13-11-15)21(22-3)23-16(2)19-14-25(4)24-20(19)17-8-6-5-7-9-17/h15,17-19H,5-14H2,1-4H3/b22-21-,23-16+. The molecular formula is C21H36N4. The van der Waals surface area contributed by atoms with Gasteiger partial charge >= 0.3 is 0 Å². The highest BCUT2D eigenvalue weighted by Crippen LogP contribution is 2.32. The molecule has 2 fully saturated rings. The maximum Gasteiger partial charge on any atom is 0.126 e. The fourth-order valence-electron chi connectivity index (χ4n) is 4.88. The van der Waals surface area contributed by atoms with E-state index in [1.165, 1.54) is 69.2 Å². The number of hydrazone groups is 1. The van der Waals surface area contributed by atoms with Crippen LogP contribution in [0.25, 0.3) is 0 Å². The fourth-order valence-corrected chi connectivity index (χ4v) is 4.88. The molecule has 4 nitrogen and oxygen atoms in total. The van der Waals surface area contributed by atoms with Gasteiger partial charge in [0, 0.05) is 32.3 Å². The van der Waals surface area contributed by atoms with E-state index in [-0.39, 0.29) is 0 Å². The molecule has 0 bridgehead atoms. The van der Waals surface area contributed by atoms with Crippen LogP contribution in [0, 0.1) is 23.7 Å². The quantitative estimate of drug-likeness (QED) is 0.535. The van der Waals surface area contributed by atoms with Gasteiger partial charge < -0.3 is 0 Å². The second-order valence-electron chi connectivity index (χ2n) is 8.54. The molecule has 0 aromatic rings. The van der Waals surface area contributed by atoms with Gasteiger partial charge in [-0.15, -0.1) is 0 Å². The zero-order chi connectivity index (χ0) is 17.8. The topological polar surface area (TPSA) is 40.3 Å². The van der Waals surface area contributed by atoms with Crippen molar-refractivity contribution in [3.8, 4) is 0 Å². The van der Waals surface area contributed by atoms with Gasteiger partial charge in [0.05, 0.1) is 11.6 Å². The lowest BCUT2D eigenvalue weighted by atomic mass is 9.80. The van der Waals surface area contributed by atoms with E-state index < -0.39 is 0 Å². The number of hydrogen-bond donors (Lipinski definition) is 0. The molecule has 2 saturated carbocycles. The van der Waals surface area contributed by atoms with Crippen molar-refractivity contribution in [1.29, 1.82) is 0 Å². The van der Waals surface area contributed by atoms with Crippen LogP contribution in [0.5, 0.6) is 0 Å². The molecule has 0 N–H and O–H groups in total. The van der Waals surface area contributed by atoms with Gasteiger partial charge in [0.15, 0.2) is 0 Å². The highest BCUT2D eigenvalue weighted by atomic mass is 15.5. The number of rotatable bonds is 3. The largest absolute Gasteiger partial charge is 0.299 e. The summed E-state index contributed by atoms with van der Waals surface area (Å²) in [7, 11) is 4.02. The third kappa shape index (κ3) is 4.51. The van der Waals surface area contributed by atoms with Crippen molar-refractivity contribution in [3.63, 3.8) is 0 Å². The van der Waals surface area contributed by atoms with Crippen LogP contribution >= 0.6 is 0 Å². The van der Waals surface area contributed by atoms with Crippen LogP contribution in [-0.2, 0) is 0 Å². The highest BCUT2D eigenvalue weighted by molar-refractivity contribution is 6.12. The summed E-state index contributed by atoms with van der Waals surface area (Å²) in [6, 6.07) is 0. The molecule has 1 aliphatic heterocycles. The van der Waals surface area contributed by atoms with Crippen LogP contribution in [-0.4, -0.2) is 42.9 Å². The lowest BCUT2D eigenvalue weighted by Gasteiger charge is -2.27. The fraction of sp³-hybridized carbons (Fsp3) is 0.857. The minimum atomic E-state index is 0.396. The zero-order valence-corrected chi connectivity index (χ0v) is 16.7. The average molecular weight is 345 g/mol. The summed E-state index contributed by atoms with van der Waals surface area (Å²) in [5.74, 6) is 3.58.